The predicted octanol–water partition coefficient (Wildman–Crippen LogP) is 6.32. The number of nitrogens with zero attached hydrogens (tertiary/aromatic N) is 2. The van der Waals surface area contributed by atoms with Crippen LogP contribution in [-0.4, -0.2) is 17.1 Å². The standard InChI is InChI=1S/C25H19ClFN3O2/c1-15-3-8-21-22(9-15)30-25(29-21)18(13-28)10-17-11-20(26)24(23(12-17)31-2)32-14-16-4-6-19(27)7-5-16/h3-12H,14H2,1-2H3,(H,29,30). The quantitative estimate of drug-likeness (QED) is 0.351. The first kappa shape index (κ1) is 21.4. The summed E-state index contributed by atoms with van der Waals surface area (Å²) in [5.74, 6) is 0.949. The smallest absolute Gasteiger partial charge is 0.180 e. The lowest BCUT2D eigenvalue weighted by atomic mass is 10.1. The number of aryl methyl sites for hydroxylation is 1. The highest BCUT2D eigenvalue weighted by atomic mass is 35.5. The van der Waals surface area contributed by atoms with Crippen LogP contribution in [0.3, 0.4) is 0 Å². The molecular formula is C25H19ClFN3O2. The molecule has 0 spiro atoms. The molecule has 160 valence electrons. The van der Waals surface area contributed by atoms with Gasteiger partial charge in [-0.25, -0.2) is 9.37 Å². The number of imidazole rings is 1. The number of halogens is 2. The third kappa shape index (κ3) is 4.58. The van der Waals surface area contributed by atoms with Crippen LogP contribution in [0, 0.1) is 24.1 Å². The number of hydrogen-bond acceptors (Lipinski definition) is 4. The maximum Gasteiger partial charge on any atom is 0.180 e. The van der Waals surface area contributed by atoms with Gasteiger partial charge < -0.3 is 14.5 Å². The Labute approximate surface area is 189 Å². The summed E-state index contributed by atoms with van der Waals surface area (Å²) >= 11 is 6.46. The van der Waals surface area contributed by atoms with Gasteiger partial charge in [0.2, 0.25) is 0 Å². The fourth-order valence-corrected chi connectivity index (χ4v) is 3.54. The molecule has 0 fully saturated rings. The molecule has 1 aromatic heterocycles. The lowest BCUT2D eigenvalue weighted by molar-refractivity contribution is 0.284. The molecule has 0 aliphatic rings. The summed E-state index contributed by atoms with van der Waals surface area (Å²) in [6.45, 7) is 2.20. The van der Waals surface area contributed by atoms with Crippen molar-refractivity contribution in [1.29, 1.82) is 5.26 Å². The summed E-state index contributed by atoms with van der Waals surface area (Å²) in [6, 6.07) is 17.5. The summed E-state index contributed by atoms with van der Waals surface area (Å²) < 4.78 is 24.4. The second-order valence-electron chi connectivity index (χ2n) is 7.23. The number of nitriles is 1. The van der Waals surface area contributed by atoms with Gasteiger partial charge in [0.05, 0.1) is 28.7 Å². The molecule has 4 aromatic rings. The Bertz CT molecular complexity index is 1350. The Kier molecular flexibility index (Phi) is 6.11. The van der Waals surface area contributed by atoms with Gasteiger partial charge in [-0.3, -0.25) is 0 Å². The van der Waals surface area contributed by atoms with Gasteiger partial charge in [-0.1, -0.05) is 29.8 Å². The molecule has 0 amide bonds. The van der Waals surface area contributed by atoms with E-state index in [0.717, 1.165) is 22.2 Å². The number of benzene rings is 3. The van der Waals surface area contributed by atoms with E-state index in [-0.39, 0.29) is 12.4 Å². The first-order valence-corrected chi connectivity index (χ1v) is 10.2. The molecule has 0 unspecified atom stereocenters. The van der Waals surface area contributed by atoms with E-state index in [4.69, 9.17) is 21.1 Å². The second-order valence-corrected chi connectivity index (χ2v) is 7.63. The first-order chi connectivity index (χ1) is 15.5. The largest absolute Gasteiger partial charge is 0.493 e. The number of H-pyrrole nitrogens is 1. The van der Waals surface area contributed by atoms with Gasteiger partial charge in [0.1, 0.15) is 24.3 Å². The van der Waals surface area contributed by atoms with E-state index in [1.54, 1.807) is 30.3 Å². The van der Waals surface area contributed by atoms with E-state index in [9.17, 15) is 9.65 Å². The Morgan fingerprint density at radius 3 is 2.69 bits per heavy atom. The van der Waals surface area contributed by atoms with Gasteiger partial charge in [0.15, 0.2) is 11.5 Å². The topological polar surface area (TPSA) is 70.9 Å². The molecule has 7 heteroatoms. The average Bonchev–Trinajstić information content (AvgIpc) is 3.20. The van der Waals surface area contributed by atoms with Gasteiger partial charge in [0, 0.05) is 0 Å². The Balaban J connectivity index is 1.63. The highest BCUT2D eigenvalue weighted by Gasteiger charge is 2.14. The van der Waals surface area contributed by atoms with Gasteiger partial charge in [-0.2, -0.15) is 5.26 Å². The van der Waals surface area contributed by atoms with Crippen LogP contribution < -0.4 is 9.47 Å². The minimum Gasteiger partial charge on any atom is -0.493 e. The summed E-state index contributed by atoms with van der Waals surface area (Å²) in [5, 5.41) is 10.0. The zero-order valence-electron chi connectivity index (χ0n) is 17.4. The maximum atomic E-state index is 13.1. The molecule has 0 saturated heterocycles. The summed E-state index contributed by atoms with van der Waals surface area (Å²) in [7, 11) is 1.51. The zero-order chi connectivity index (χ0) is 22.7. The van der Waals surface area contributed by atoms with Crippen molar-refractivity contribution in [3.63, 3.8) is 0 Å². The van der Waals surface area contributed by atoms with E-state index < -0.39 is 0 Å². The van der Waals surface area contributed by atoms with Crippen molar-refractivity contribution in [3.8, 4) is 17.6 Å². The molecule has 0 radical (unpaired) electrons. The van der Waals surface area contributed by atoms with Crippen LogP contribution in [-0.2, 0) is 6.61 Å². The van der Waals surface area contributed by atoms with Crippen LogP contribution in [0.25, 0.3) is 22.7 Å². The molecule has 0 saturated carbocycles. The van der Waals surface area contributed by atoms with Crippen LogP contribution in [0.1, 0.15) is 22.5 Å². The number of methoxy groups -OCH3 is 1. The van der Waals surface area contributed by atoms with Gasteiger partial charge in [-0.05, 0) is 66.1 Å². The Morgan fingerprint density at radius 1 is 1.19 bits per heavy atom. The minimum absolute atomic E-state index is 0.202. The molecule has 4 rings (SSSR count). The van der Waals surface area contributed by atoms with Crippen molar-refractivity contribution in [1.82, 2.24) is 9.97 Å². The van der Waals surface area contributed by atoms with Crippen molar-refractivity contribution >= 4 is 34.3 Å². The number of allylic oxidation sites excluding steroid dienone is 1. The number of fused-ring (bicyclic) bond motifs is 1. The van der Waals surface area contributed by atoms with Crippen LogP contribution in [0.2, 0.25) is 5.02 Å². The van der Waals surface area contributed by atoms with Gasteiger partial charge in [0.25, 0.3) is 0 Å². The third-order valence-corrected chi connectivity index (χ3v) is 5.15. The molecule has 0 atom stereocenters. The van der Waals surface area contributed by atoms with E-state index in [2.05, 4.69) is 16.0 Å². The number of rotatable bonds is 6. The molecule has 1 N–H and O–H groups in total. The predicted molar refractivity (Wildman–Crippen MR) is 123 cm³/mol. The fourth-order valence-electron chi connectivity index (χ4n) is 3.27. The van der Waals surface area contributed by atoms with Crippen LogP contribution in [0.5, 0.6) is 11.5 Å². The molecular weight excluding hydrogens is 429 g/mol. The lowest BCUT2D eigenvalue weighted by Gasteiger charge is -2.13. The third-order valence-electron chi connectivity index (χ3n) is 4.87. The Hall–Kier alpha value is -3.82. The summed E-state index contributed by atoms with van der Waals surface area (Å²) in [6.07, 6.45) is 1.68. The maximum absolute atomic E-state index is 13.1. The fraction of sp³-hybridized carbons (Fsp3) is 0.120. The molecule has 0 bridgehead atoms. The van der Waals surface area contributed by atoms with Crippen molar-refractivity contribution in [3.05, 3.63) is 88.0 Å². The number of hydrogen-bond donors (Lipinski definition) is 1. The normalized spacial score (nSPS) is 11.4. The van der Waals surface area contributed by atoms with Gasteiger partial charge in [-0.15, -0.1) is 0 Å². The lowest BCUT2D eigenvalue weighted by Crippen LogP contribution is -1.99. The highest BCUT2D eigenvalue weighted by Crippen LogP contribution is 2.38. The summed E-state index contributed by atoms with van der Waals surface area (Å²) in [4.78, 5) is 7.70. The van der Waals surface area contributed by atoms with Crippen molar-refractivity contribution < 1.29 is 13.9 Å². The number of aromatic nitrogens is 2. The highest BCUT2D eigenvalue weighted by molar-refractivity contribution is 6.32. The first-order valence-electron chi connectivity index (χ1n) is 9.80. The van der Waals surface area contributed by atoms with Crippen molar-refractivity contribution in [2.75, 3.05) is 7.11 Å². The van der Waals surface area contributed by atoms with Crippen LogP contribution >= 0.6 is 11.6 Å². The molecule has 1 heterocycles. The molecule has 3 aromatic carbocycles. The van der Waals surface area contributed by atoms with E-state index in [1.165, 1.54) is 19.2 Å². The minimum atomic E-state index is -0.312. The van der Waals surface area contributed by atoms with Crippen LogP contribution in [0.4, 0.5) is 4.39 Å². The zero-order valence-corrected chi connectivity index (χ0v) is 18.2. The SMILES string of the molecule is COc1cc(C=C(C#N)c2nc3ccc(C)cc3[nH]2)cc(Cl)c1OCc1ccc(F)cc1. The number of nitrogens with one attached hydrogen (secondary N) is 1. The van der Waals surface area contributed by atoms with E-state index >= 15 is 0 Å². The second kappa shape index (κ2) is 9.13. The van der Waals surface area contributed by atoms with Crippen LogP contribution in [0.15, 0.2) is 54.6 Å². The number of ether oxygens (including phenoxy) is 2. The van der Waals surface area contributed by atoms with E-state index in [0.29, 0.717) is 33.5 Å². The van der Waals surface area contributed by atoms with E-state index in [1.807, 2.05) is 25.1 Å². The molecule has 0 aliphatic carbocycles. The number of aromatic amines is 1. The Morgan fingerprint density at radius 2 is 1.97 bits per heavy atom. The molecule has 32 heavy (non-hydrogen) atoms. The monoisotopic (exact) mass is 447 g/mol. The van der Waals surface area contributed by atoms with Crippen molar-refractivity contribution in [2.45, 2.75) is 13.5 Å². The van der Waals surface area contributed by atoms with Gasteiger partial charge >= 0.3 is 0 Å². The van der Waals surface area contributed by atoms with Crippen molar-refractivity contribution in [2.24, 2.45) is 0 Å². The summed E-state index contributed by atoms with van der Waals surface area (Å²) in [5.41, 5.74) is 4.56. The average molecular weight is 448 g/mol. The molecule has 0 aliphatic heterocycles. The molecule has 5 nitrogen and oxygen atoms in total.